The number of nitrogens with one attached hydrogen (secondary N) is 2. The number of methoxy groups -OCH3 is 1. The number of fused-ring (bicyclic) bond motifs is 3. The smallest absolute Gasteiger partial charge is 0.407 e. The van der Waals surface area contributed by atoms with Gasteiger partial charge in [0.25, 0.3) is 0 Å². The van der Waals surface area contributed by atoms with Crippen LogP contribution in [0.5, 0.6) is 0 Å². The molecule has 35 heavy (non-hydrogen) atoms. The Balaban J connectivity index is 1.40. The lowest BCUT2D eigenvalue weighted by molar-refractivity contribution is -0.150. The largest absolute Gasteiger partial charge is 0.480 e. The molecule has 0 aliphatic heterocycles. The maximum Gasteiger partial charge on any atom is 0.407 e. The van der Waals surface area contributed by atoms with Crippen molar-refractivity contribution >= 4 is 18.0 Å². The number of hydrogen-bond acceptors (Lipinski definition) is 5. The van der Waals surface area contributed by atoms with Gasteiger partial charge < -0.3 is 25.2 Å². The van der Waals surface area contributed by atoms with Crippen molar-refractivity contribution in [3.8, 4) is 11.1 Å². The second-order valence-electron chi connectivity index (χ2n) is 9.54. The molecular formula is C27H32N2O6. The average molecular weight is 481 g/mol. The zero-order valence-electron chi connectivity index (χ0n) is 20.1. The number of carbonyl (C=O) groups excluding carboxylic acids is 2. The highest BCUT2D eigenvalue weighted by Gasteiger charge is 2.43. The summed E-state index contributed by atoms with van der Waals surface area (Å²) in [5, 5.41) is 15.1. The maximum absolute atomic E-state index is 13.0. The van der Waals surface area contributed by atoms with E-state index in [4.69, 9.17) is 9.47 Å². The van der Waals surface area contributed by atoms with Crippen LogP contribution in [0.3, 0.4) is 0 Å². The van der Waals surface area contributed by atoms with Crippen LogP contribution in [0.2, 0.25) is 0 Å². The second-order valence-corrected chi connectivity index (χ2v) is 9.54. The summed E-state index contributed by atoms with van der Waals surface area (Å²) in [6, 6.07) is 15.0. The van der Waals surface area contributed by atoms with E-state index in [0.29, 0.717) is 31.6 Å². The Labute approximate surface area is 205 Å². The van der Waals surface area contributed by atoms with Crippen molar-refractivity contribution in [1.82, 2.24) is 10.6 Å². The fourth-order valence-corrected chi connectivity index (χ4v) is 5.10. The third-order valence-electron chi connectivity index (χ3n) is 7.19. The summed E-state index contributed by atoms with van der Waals surface area (Å²) < 4.78 is 10.7. The van der Waals surface area contributed by atoms with Gasteiger partial charge in [-0.3, -0.25) is 4.79 Å². The Hall–Kier alpha value is -3.39. The molecule has 2 amide bonds. The molecule has 1 unspecified atom stereocenters. The molecule has 2 aromatic rings. The van der Waals surface area contributed by atoms with Crippen molar-refractivity contribution < 1.29 is 29.0 Å². The van der Waals surface area contributed by atoms with Crippen LogP contribution in [0.25, 0.3) is 11.1 Å². The average Bonchev–Trinajstić information content (AvgIpc) is 3.17. The SMILES string of the molecule is COCC(NC(=O)OCC1c2ccccc2-c2ccccc21)C(=O)NC1(C(=O)O)CCC(C)CC1. The summed E-state index contributed by atoms with van der Waals surface area (Å²) in [6.07, 6.45) is 1.35. The molecule has 4 rings (SSSR count). The summed E-state index contributed by atoms with van der Waals surface area (Å²) in [6.45, 7) is 2.07. The molecule has 0 aromatic heterocycles. The van der Waals surface area contributed by atoms with E-state index in [-0.39, 0.29) is 19.1 Å². The van der Waals surface area contributed by atoms with E-state index in [1.54, 1.807) is 0 Å². The Kier molecular flexibility index (Phi) is 7.40. The van der Waals surface area contributed by atoms with Gasteiger partial charge in [-0.15, -0.1) is 0 Å². The van der Waals surface area contributed by atoms with Crippen LogP contribution in [-0.2, 0) is 19.1 Å². The first kappa shape index (κ1) is 24.7. The van der Waals surface area contributed by atoms with Gasteiger partial charge in [0.2, 0.25) is 5.91 Å². The lowest BCUT2D eigenvalue weighted by atomic mass is 9.77. The minimum absolute atomic E-state index is 0.109. The topological polar surface area (TPSA) is 114 Å². The van der Waals surface area contributed by atoms with Gasteiger partial charge in [0.15, 0.2) is 0 Å². The van der Waals surface area contributed by atoms with Crippen molar-refractivity contribution in [2.24, 2.45) is 5.92 Å². The Morgan fingerprint density at radius 3 is 2.14 bits per heavy atom. The molecule has 2 aromatic carbocycles. The zero-order chi connectivity index (χ0) is 25.0. The molecule has 0 spiro atoms. The molecule has 0 bridgehead atoms. The Morgan fingerprint density at radius 1 is 1.03 bits per heavy atom. The molecule has 8 heteroatoms. The van der Waals surface area contributed by atoms with Gasteiger partial charge in [0.05, 0.1) is 6.61 Å². The van der Waals surface area contributed by atoms with E-state index in [1.165, 1.54) is 7.11 Å². The van der Waals surface area contributed by atoms with E-state index in [9.17, 15) is 19.5 Å². The van der Waals surface area contributed by atoms with Gasteiger partial charge in [-0.2, -0.15) is 0 Å². The first-order chi connectivity index (χ1) is 16.8. The number of rotatable bonds is 8. The van der Waals surface area contributed by atoms with Crippen molar-refractivity contribution in [3.63, 3.8) is 0 Å². The highest BCUT2D eigenvalue weighted by atomic mass is 16.5. The third-order valence-corrected chi connectivity index (χ3v) is 7.19. The van der Waals surface area contributed by atoms with E-state index in [0.717, 1.165) is 22.3 Å². The number of benzene rings is 2. The number of ether oxygens (including phenoxy) is 2. The molecule has 0 saturated heterocycles. The highest BCUT2D eigenvalue weighted by Crippen LogP contribution is 2.44. The number of carboxylic acids is 1. The molecule has 0 heterocycles. The van der Waals surface area contributed by atoms with Gasteiger partial charge in [-0.25, -0.2) is 9.59 Å². The van der Waals surface area contributed by atoms with Crippen LogP contribution in [0.4, 0.5) is 4.79 Å². The van der Waals surface area contributed by atoms with E-state index >= 15 is 0 Å². The lowest BCUT2D eigenvalue weighted by Crippen LogP contribution is -2.61. The van der Waals surface area contributed by atoms with Crippen LogP contribution in [0.15, 0.2) is 48.5 Å². The van der Waals surface area contributed by atoms with E-state index in [2.05, 4.69) is 29.7 Å². The summed E-state index contributed by atoms with van der Waals surface area (Å²) in [4.78, 5) is 37.7. The van der Waals surface area contributed by atoms with E-state index in [1.807, 2.05) is 36.4 Å². The number of hydrogen-bond donors (Lipinski definition) is 3. The molecule has 1 fully saturated rings. The molecule has 8 nitrogen and oxygen atoms in total. The maximum atomic E-state index is 13.0. The number of carboxylic acid groups (broad SMARTS) is 1. The monoisotopic (exact) mass is 480 g/mol. The Bertz CT molecular complexity index is 1050. The lowest BCUT2D eigenvalue weighted by Gasteiger charge is -2.37. The fraction of sp³-hybridized carbons (Fsp3) is 0.444. The van der Waals surface area contributed by atoms with Crippen LogP contribution < -0.4 is 10.6 Å². The molecule has 2 aliphatic carbocycles. The molecule has 3 N–H and O–H groups in total. The van der Waals surface area contributed by atoms with Gasteiger partial charge in [0, 0.05) is 13.0 Å². The quantitative estimate of drug-likeness (QED) is 0.531. The predicted molar refractivity (Wildman–Crippen MR) is 130 cm³/mol. The van der Waals surface area contributed by atoms with Crippen LogP contribution in [0, 0.1) is 5.92 Å². The second kappa shape index (κ2) is 10.5. The molecule has 0 radical (unpaired) electrons. The van der Waals surface area contributed by atoms with Gasteiger partial charge in [0.1, 0.15) is 18.2 Å². The fourth-order valence-electron chi connectivity index (χ4n) is 5.10. The number of amides is 2. The van der Waals surface area contributed by atoms with E-state index < -0.39 is 29.6 Å². The Morgan fingerprint density at radius 2 is 1.60 bits per heavy atom. The van der Waals surface area contributed by atoms with Crippen LogP contribution >= 0.6 is 0 Å². The van der Waals surface area contributed by atoms with Crippen molar-refractivity contribution in [1.29, 1.82) is 0 Å². The molecule has 1 saturated carbocycles. The highest BCUT2D eigenvalue weighted by molar-refractivity contribution is 5.91. The summed E-state index contributed by atoms with van der Waals surface area (Å²) >= 11 is 0. The molecule has 1 atom stereocenters. The van der Waals surface area contributed by atoms with Crippen LogP contribution in [-0.4, -0.2) is 55.0 Å². The molecule has 186 valence electrons. The normalized spacial score (nSPS) is 21.9. The van der Waals surface area contributed by atoms with Gasteiger partial charge in [-0.1, -0.05) is 55.5 Å². The zero-order valence-corrected chi connectivity index (χ0v) is 20.1. The standard InChI is InChI=1S/C27H32N2O6/c1-17-11-13-27(14-12-17,25(31)32)29-24(30)23(16-34-2)28-26(33)35-15-22-20-9-5-3-7-18(20)19-8-4-6-10-21(19)22/h3-10,17,22-23H,11-16H2,1-2H3,(H,28,33)(H,29,30)(H,31,32). The first-order valence-corrected chi connectivity index (χ1v) is 12.0. The number of carbonyl (C=O) groups is 3. The molecular weight excluding hydrogens is 448 g/mol. The summed E-state index contributed by atoms with van der Waals surface area (Å²) in [5.41, 5.74) is 3.08. The van der Waals surface area contributed by atoms with Crippen molar-refractivity contribution in [3.05, 3.63) is 59.7 Å². The number of aliphatic carboxylic acids is 1. The predicted octanol–water partition coefficient (Wildman–Crippen LogP) is 3.69. The van der Waals surface area contributed by atoms with Gasteiger partial charge >= 0.3 is 12.1 Å². The number of alkyl carbamates (subject to hydrolysis) is 1. The van der Waals surface area contributed by atoms with Crippen LogP contribution in [0.1, 0.15) is 49.7 Å². The van der Waals surface area contributed by atoms with Crippen molar-refractivity contribution in [2.75, 3.05) is 20.3 Å². The summed E-state index contributed by atoms with van der Waals surface area (Å²) in [7, 11) is 1.41. The third kappa shape index (κ3) is 5.17. The first-order valence-electron chi connectivity index (χ1n) is 12.0. The minimum atomic E-state index is -1.33. The molecule has 2 aliphatic rings. The van der Waals surface area contributed by atoms with Crippen molar-refractivity contribution in [2.45, 2.75) is 50.1 Å². The minimum Gasteiger partial charge on any atom is -0.480 e. The van der Waals surface area contributed by atoms with Gasteiger partial charge in [-0.05, 0) is 53.9 Å². The summed E-state index contributed by atoms with van der Waals surface area (Å²) in [5.74, 6) is -1.36.